The van der Waals surface area contributed by atoms with E-state index in [2.05, 4.69) is 35.4 Å². The van der Waals surface area contributed by atoms with Gasteiger partial charge in [-0.05, 0) is 62.7 Å². The molecule has 11 nitrogen and oxygen atoms in total. The summed E-state index contributed by atoms with van der Waals surface area (Å²) < 4.78 is 17.5. The highest BCUT2D eigenvalue weighted by atomic mass is 16.5. The molecule has 2 saturated heterocycles. The maximum Gasteiger partial charge on any atom is 0.151 e. The number of ether oxygens (including phenoxy) is 3. The van der Waals surface area contributed by atoms with E-state index < -0.39 is 6.23 Å². The molecule has 2 aliphatic heterocycles. The van der Waals surface area contributed by atoms with E-state index in [0.717, 1.165) is 83.9 Å². The minimum Gasteiger partial charge on any atom is -0.498 e. The Bertz CT molecular complexity index is 1420. The maximum absolute atomic E-state index is 11.1. The summed E-state index contributed by atoms with van der Waals surface area (Å²) in [6.45, 7) is 8.84. The number of nitrogens with zero attached hydrogens (tertiary/aromatic N) is 5. The van der Waals surface area contributed by atoms with Gasteiger partial charge in [-0.3, -0.25) is 0 Å². The summed E-state index contributed by atoms with van der Waals surface area (Å²) in [6, 6.07) is 9.72. The van der Waals surface area contributed by atoms with Crippen molar-refractivity contribution in [3.05, 3.63) is 71.0 Å². The van der Waals surface area contributed by atoms with Crippen LogP contribution in [0.2, 0.25) is 0 Å². The van der Waals surface area contributed by atoms with Crippen LogP contribution in [0.5, 0.6) is 0 Å². The number of likely N-dealkylation sites (tertiary alicyclic amines) is 1. The molecule has 2 fully saturated rings. The molecule has 11 heteroatoms. The number of fused-ring (bicyclic) bond motifs is 1. The van der Waals surface area contributed by atoms with Gasteiger partial charge < -0.3 is 39.8 Å². The zero-order valence-electron chi connectivity index (χ0n) is 25.0. The summed E-state index contributed by atoms with van der Waals surface area (Å²) in [5, 5.41) is 17.8. The van der Waals surface area contributed by atoms with Gasteiger partial charge in [-0.15, -0.1) is 0 Å². The van der Waals surface area contributed by atoms with Crippen LogP contribution in [0.4, 0.5) is 23.0 Å². The number of aromatic nitrogens is 3. The summed E-state index contributed by atoms with van der Waals surface area (Å²) in [7, 11) is 1.68. The highest BCUT2D eigenvalue weighted by Gasteiger charge is 2.27. The number of pyridine rings is 1. The van der Waals surface area contributed by atoms with Crippen LogP contribution in [-0.4, -0.2) is 90.7 Å². The second-order valence-electron chi connectivity index (χ2n) is 11.2. The molecule has 3 aliphatic rings. The Morgan fingerprint density at radius 1 is 1.07 bits per heavy atom. The summed E-state index contributed by atoms with van der Waals surface area (Å²) in [6.07, 6.45) is 7.30. The number of rotatable bonds is 11. The number of hydrogen-bond acceptors (Lipinski definition) is 11. The van der Waals surface area contributed by atoms with Gasteiger partial charge in [-0.2, -0.15) is 0 Å². The predicted octanol–water partition coefficient (Wildman–Crippen LogP) is 3.89. The van der Waals surface area contributed by atoms with Gasteiger partial charge in [0.15, 0.2) is 6.23 Å². The number of aliphatic hydroxyl groups excluding tert-OH is 1. The molecule has 4 heterocycles. The molecule has 0 saturated carbocycles. The second-order valence-corrected chi connectivity index (χ2v) is 11.2. The standard InChI is InChI=1S/C32H41N7O4/c1-22-5-6-24(36-32(40)23-7-8-33-30(17-23)39-12-14-42-15-13-39)18-26(22)37-31-25-19-29(43-16-11-38-9-3-4-10-38)28(41-2)20-27(25)34-21-35-31/h5-8,17-18,20-21,29,32,36,40H,3-4,9-16,19H2,1-2H3,(H,34,35,37)/t29-,32+/m1/s1. The fourth-order valence-corrected chi connectivity index (χ4v) is 5.82. The van der Waals surface area contributed by atoms with E-state index in [9.17, 15) is 5.11 Å². The van der Waals surface area contributed by atoms with Crippen LogP contribution in [0.1, 0.15) is 41.5 Å². The average Bonchev–Trinajstić information content (AvgIpc) is 3.57. The molecule has 0 unspecified atom stereocenters. The van der Waals surface area contributed by atoms with E-state index in [4.69, 9.17) is 14.2 Å². The predicted molar refractivity (Wildman–Crippen MR) is 166 cm³/mol. The number of aryl methyl sites for hydroxylation is 1. The molecule has 6 rings (SSSR count). The van der Waals surface area contributed by atoms with Gasteiger partial charge in [0.25, 0.3) is 0 Å². The molecule has 0 radical (unpaired) electrons. The minimum atomic E-state index is -0.902. The highest BCUT2D eigenvalue weighted by molar-refractivity contribution is 5.71. The molecule has 2 atom stereocenters. The third-order valence-electron chi connectivity index (χ3n) is 8.34. The lowest BCUT2D eigenvalue weighted by Crippen LogP contribution is -2.36. The van der Waals surface area contributed by atoms with Crippen LogP contribution >= 0.6 is 0 Å². The smallest absolute Gasteiger partial charge is 0.151 e. The number of hydrogen-bond donors (Lipinski definition) is 3. The van der Waals surface area contributed by atoms with Crippen molar-refractivity contribution in [3.8, 4) is 0 Å². The van der Waals surface area contributed by atoms with Crippen molar-refractivity contribution in [1.29, 1.82) is 0 Å². The largest absolute Gasteiger partial charge is 0.498 e. The van der Waals surface area contributed by atoms with Crippen molar-refractivity contribution < 1.29 is 19.3 Å². The first-order chi connectivity index (χ1) is 21.1. The molecular formula is C32H41N7O4. The van der Waals surface area contributed by atoms with E-state index in [-0.39, 0.29) is 6.10 Å². The van der Waals surface area contributed by atoms with Gasteiger partial charge in [0.05, 0.1) is 32.6 Å². The fraction of sp³-hybridized carbons (Fsp3) is 0.469. The van der Waals surface area contributed by atoms with E-state index in [0.29, 0.717) is 26.2 Å². The Labute approximate surface area is 252 Å². The number of aliphatic hydroxyl groups is 1. The molecule has 3 N–H and O–H groups in total. The number of nitrogens with one attached hydrogen (secondary N) is 2. The SMILES string of the molecule is COC1=Cc2ncnc(Nc3cc(N[C@@H](O)c4ccnc(N5CCOCC5)c4)ccc3C)c2C[C@H]1OCCN1CCCC1. The van der Waals surface area contributed by atoms with Crippen molar-refractivity contribution in [2.24, 2.45) is 0 Å². The second kappa shape index (κ2) is 13.7. The molecule has 1 aliphatic carbocycles. The first-order valence-corrected chi connectivity index (χ1v) is 15.1. The van der Waals surface area contributed by atoms with Crippen molar-refractivity contribution in [3.63, 3.8) is 0 Å². The molecule has 0 spiro atoms. The highest BCUT2D eigenvalue weighted by Crippen LogP contribution is 2.33. The molecule has 0 amide bonds. The van der Waals surface area contributed by atoms with Crippen LogP contribution < -0.4 is 15.5 Å². The van der Waals surface area contributed by atoms with Crippen LogP contribution in [0.25, 0.3) is 6.08 Å². The zero-order valence-corrected chi connectivity index (χ0v) is 25.0. The van der Waals surface area contributed by atoms with Gasteiger partial charge >= 0.3 is 0 Å². The third kappa shape index (κ3) is 7.07. The van der Waals surface area contributed by atoms with E-state index in [1.54, 1.807) is 19.6 Å². The van der Waals surface area contributed by atoms with Gasteiger partial charge in [0, 0.05) is 60.8 Å². The van der Waals surface area contributed by atoms with Gasteiger partial charge in [0.2, 0.25) is 0 Å². The van der Waals surface area contributed by atoms with Crippen molar-refractivity contribution in [2.45, 2.75) is 38.5 Å². The molecule has 228 valence electrons. The first kappa shape index (κ1) is 29.3. The van der Waals surface area contributed by atoms with E-state index >= 15 is 0 Å². The fourth-order valence-electron chi connectivity index (χ4n) is 5.82. The summed E-state index contributed by atoms with van der Waals surface area (Å²) in [5.41, 5.74) is 5.26. The molecule has 2 aromatic heterocycles. The lowest BCUT2D eigenvalue weighted by molar-refractivity contribution is 0.0301. The van der Waals surface area contributed by atoms with Crippen LogP contribution in [0, 0.1) is 6.92 Å². The topological polar surface area (TPSA) is 117 Å². The van der Waals surface area contributed by atoms with Crippen LogP contribution in [-0.2, 0) is 20.6 Å². The minimum absolute atomic E-state index is 0.196. The van der Waals surface area contributed by atoms with E-state index in [1.165, 1.54) is 12.8 Å². The van der Waals surface area contributed by atoms with Crippen molar-refractivity contribution in [1.82, 2.24) is 19.9 Å². The maximum atomic E-state index is 11.1. The quantitative estimate of drug-likeness (QED) is 0.284. The molecule has 43 heavy (non-hydrogen) atoms. The normalized spacial score (nSPS) is 19.5. The average molecular weight is 588 g/mol. The van der Waals surface area contributed by atoms with Gasteiger partial charge in [-0.1, -0.05) is 6.07 Å². The Morgan fingerprint density at radius 2 is 1.91 bits per heavy atom. The molecule has 3 aromatic rings. The number of anilines is 4. The summed E-state index contributed by atoms with van der Waals surface area (Å²) in [4.78, 5) is 18.2. The lowest BCUT2D eigenvalue weighted by Gasteiger charge is -2.28. The Balaban J connectivity index is 1.15. The summed E-state index contributed by atoms with van der Waals surface area (Å²) in [5.74, 6) is 2.35. The zero-order chi connectivity index (χ0) is 29.6. The van der Waals surface area contributed by atoms with Crippen LogP contribution in [0.3, 0.4) is 0 Å². The molecular weight excluding hydrogens is 546 g/mol. The third-order valence-corrected chi connectivity index (χ3v) is 8.34. The first-order valence-electron chi connectivity index (χ1n) is 15.1. The Hall–Kier alpha value is -3.77. The van der Waals surface area contributed by atoms with Gasteiger partial charge in [-0.25, -0.2) is 15.0 Å². The van der Waals surface area contributed by atoms with Crippen molar-refractivity contribution in [2.75, 3.05) is 75.2 Å². The Morgan fingerprint density at radius 3 is 2.72 bits per heavy atom. The lowest BCUT2D eigenvalue weighted by atomic mass is 9.98. The summed E-state index contributed by atoms with van der Waals surface area (Å²) >= 11 is 0. The molecule has 1 aromatic carbocycles. The number of methoxy groups -OCH3 is 1. The van der Waals surface area contributed by atoms with Crippen LogP contribution in [0.15, 0.2) is 48.6 Å². The monoisotopic (exact) mass is 587 g/mol. The van der Waals surface area contributed by atoms with E-state index in [1.807, 2.05) is 43.3 Å². The number of morpholine rings is 1. The molecule has 0 bridgehead atoms. The number of benzene rings is 1. The Kier molecular flexibility index (Phi) is 9.33. The van der Waals surface area contributed by atoms with Crippen molar-refractivity contribution >= 4 is 29.1 Å². The van der Waals surface area contributed by atoms with Gasteiger partial charge in [0.1, 0.15) is 29.8 Å².